The summed E-state index contributed by atoms with van der Waals surface area (Å²) in [5.74, 6) is 0.382. The second-order valence-electron chi connectivity index (χ2n) is 7.60. The van der Waals surface area contributed by atoms with Crippen molar-refractivity contribution < 1.29 is 9.90 Å². The molecular weight excluding hydrogens is 410 g/mol. The summed E-state index contributed by atoms with van der Waals surface area (Å²) in [4.78, 5) is 17.7. The molecule has 3 heterocycles. The quantitative estimate of drug-likeness (QED) is 0.575. The highest BCUT2D eigenvalue weighted by molar-refractivity contribution is 7.15. The number of allylic oxidation sites excluding steroid dienone is 1. The van der Waals surface area contributed by atoms with Crippen molar-refractivity contribution in [2.75, 3.05) is 6.54 Å². The van der Waals surface area contributed by atoms with E-state index in [0.717, 1.165) is 39.6 Å². The van der Waals surface area contributed by atoms with Crippen LogP contribution >= 0.6 is 11.3 Å². The molecule has 160 valence electrons. The van der Waals surface area contributed by atoms with Gasteiger partial charge in [0.15, 0.2) is 5.82 Å². The van der Waals surface area contributed by atoms with Gasteiger partial charge < -0.3 is 10.8 Å². The SMILES string of the molecule is Cc1sc2c(c1C)C(c1ccc(C/C=C/CN)cc1)=N[C@@H](CC(=O)O)c1nnc(C)n1-2. The van der Waals surface area contributed by atoms with E-state index >= 15 is 0 Å². The largest absolute Gasteiger partial charge is 0.481 e. The van der Waals surface area contributed by atoms with E-state index in [9.17, 15) is 9.90 Å². The Morgan fingerprint density at radius 1 is 1.19 bits per heavy atom. The summed E-state index contributed by atoms with van der Waals surface area (Å²) in [6.07, 6.45) is 4.67. The topological polar surface area (TPSA) is 106 Å². The highest BCUT2D eigenvalue weighted by Crippen LogP contribution is 2.39. The zero-order chi connectivity index (χ0) is 22.1. The number of aliphatic carboxylic acids is 1. The van der Waals surface area contributed by atoms with Crippen LogP contribution in [0.1, 0.15) is 51.2 Å². The van der Waals surface area contributed by atoms with E-state index in [1.165, 1.54) is 10.4 Å². The van der Waals surface area contributed by atoms with Crippen molar-refractivity contribution in [2.24, 2.45) is 10.7 Å². The van der Waals surface area contributed by atoms with Crippen molar-refractivity contribution in [3.8, 4) is 5.00 Å². The van der Waals surface area contributed by atoms with E-state index in [1.807, 2.05) is 17.6 Å². The third kappa shape index (κ3) is 3.96. The Balaban J connectivity index is 1.87. The second kappa shape index (κ2) is 8.56. The zero-order valence-corrected chi connectivity index (χ0v) is 18.6. The van der Waals surface area contributed by atoms with Crippen LogP contribution in [0.25, 0.3) is 5.00 Å². The number of carboxylic acids is 1. The van der Waals surface area contributed by atoms with E-state index < -0.39 is 12.0 Å². The second-order valence-corrected chi connectivity index (χ2v) is 8.81. The summed E-state index contributed by atoms with van der Waals surface area (Å²) in [7, 11) is 0. The van der Waals surface area contributed by atoms with Crippen molar-refractivity contribution in [1.82, 2.24) is 14.8 Å². The van der Waals surface area contributed by atoms with Gasteiger partial charge in [0.1, 0.15) is 16.9 Å². The lowest BCUT2D eigenvalue weighted by atomic mass is 9.98. The molecule has 0 radical (unpaired) electrons. The predicted molar refractivity (Wildman–Crippen MR) is 122 cm³/mol. The van der Waals surface area contributed by atoms with Crippen LogP contribution in [-0.4, -0.2) is 38.1 Å². The fourth-order valence-corrected chi connectivity index (χ4v) is 5.02. The molecule has 0 bridgehead atoms. The normalized spacial score (nSPS) is 15.5. The maximum atomic E-state index is 11.6. The first-order chi connectivity index (χ1) is 14.9. The van der Waals surface area contributed by atoms with E-state index in [4.69, 9.17) is 10.7 Å². The molecule has 8 heteroatoms. The van der Waals surface area contributed by atoms with Gasteiger partial charge in [0, 0.05) is 22.5 Å². The molecule has 3 aromatic rings. The van der Waals surface area contributed by atoms with Crippen LogP contribution < -0.4 is 5.73 Å². The summed E-state index contributed by atoms with van der Waals surface area (Å²) in [6.45, 7) is 6.59. The molecule has 0 aliphatic carbocycles. The number of thiophene rings is 1. The third-order valence-electron chi connectivity index (χ3n) is 5.49. The molecule has 2 aromatic heterocycles. The maximum absolute atomic E-state index is 11.6. The average Bonchev–Trinajstić information content (AvgIpc) is 3.21. The Kier molecular flexibility index (Phi) is 5.84. The number of benzene rings is 1. The monoisotopic (exact) mass is 435 g/mol. The first kappa shape index (κ1) is 21.1. The smallest absolute Gasteiger partial charge is 0.306 e. The summed E-state index contributed by atoms with van der Waals surface area (Å²) in [5.41, 5.74) is 10.6. The van der Waals surface area contributed by atoms with Crippen LogP contribution in [0.2, 0.25) is 0 Å². The highest BCUT2D eigenvalue weighted by atomic mass is 32.1. The van der Waals surface area contributed by atoms with E-state index in [1.54, 1.807) is 11.3 Å². The molecule has 0 amide bonds. The predicted octanol–water partition coefficient (Wildman–Crippen LogP) is 3.68. The van der Waals surface area contributed by atoms with Crippen LogP contribution in [-0.2, 0) is 11.2 Å². The van der Waals surface area contributed by atoms with Crippen molar-refractivity contribution in [3.63, 3.8) is 0 Å². The number of carboxylic acid groups (broad SMARTS) is 1. The highest BCUT2D eigenvalue weighted by Gasteiger charge is 2.32. The Labute approximate surface area is 185 Å². The average molecular weight is 436 g/mol. The molecule has 7 nitrogen and oxygen atoms in total. The van der Waals surface area contributed by atoms with Gasteiger partial charge >= 0.3 is 5.97 Å². The van der Waals surface area contributed by atoms with Crippen LogP contribution in [0.15, 0.2) is 41.4 Å². The molecule has 0 spiro atoms. The third-order valence-corrected chi connectivity index (χ3v) is 6.68. The molecule has 1 aliphatic heterocycles. The molecule has 0 saturated carbocycles. The number of fused-ring (bicyclic) bond motifs is 3. The molecule has 0 unspecified atom stereocenters. The molecule has 0 fully saturated rings. The van der Waals surface area contributed by atoms with E-state index in [-0.39, 0.29) is 6.42 Å². The molecule has 1 aliphatic rings. The number of aliphatic imine (C=N–C) groups is 1. The number of nitrogens with zero attached hydrogens (tertiary/aromatic N) is 4. The Hall–Kier alpha value is -3.10. The van der Waals surface area contributed by atoms with Gasteiger partial charge in [0.25, 0.3) is 0 Å². The lowest BCUT2D eigenvalue weighted by Crippen LogP contribution is -2.10. The first-order valence-electron chi connectivity index (χ1n) is 10.2. The van der Waals surface area contributed by atoms with E-state index in [0.29, 0.717) is 12.4 Å². The van der Waals surface area contributed by atoms with Crippen LogP contribution in [0, 0.1) is 20.8 Å². The van der Waals surface area contributed by atoms with Gasteiger partial charge in [-0.1, -0.05) is 36.4 Å². The van der Waals surface area contributed by atoms with Gasteiger partial charge in [-0.15, -0.1) is 21.5 Å². The minimum absolute atomic E-state index is 0.142. The summed E-state index contributed by atoms with van der Waals surface area (Å²) < 4.78 is 1.97. The minimum atomic E-state index is -0.916. The minimum Gasteiger partial charge on any atom is -0.481 e. The number of hydrogen-bond donors (Lipinski definition) is 2. The summed E-state index contributed by atoms with van der Waals surface area (Å²) in [6, 6.07) is 7.65. The molecule has 1 atom stereocenters. The zero-order valence-electron chi connectivity index (χ0n) is 17.8. The summed E-state index contributed by atoms with van der Waals surface area (Å²) in [5, 5.41) is 19.0. The lowest BCUT2D eigenvalue weighted by Gasteiger charge is -2.11. The Morgan fingerprint density at radius 3 is 2.61 bits per heavy atom. The fraction of sp³-hybridized carbons (Fsp3) is 0.304. The maximum Gasteiger partial charge on any atom is 0.306 e. The summed E-state index contributed by atoms with van der Waals surface area (Å²) >= 11 is 1.66. The van der Waals surface area contributed by atoms with Gasteiger partial charge in [-0.2, -0.15) is 0 Å². The van der Waals surface area contributed by atoms with E-state index in [2.05, 4.69) is 54.4 Å². The number of aromatic nitrogens is 3. The fourth-order valence-electron chi connectivity index (χ4n) is 3.80. The first-order valence-corrected chi connectivity index (χ1v) is 11.0. The van der Waals surface area contributed by atoms with Crippen LogP contribution in [0.3, 0.4) is 0 Å². The number of nitrogens with two attached hydrogens (primary N) is 1. The number of carbonyl (C=O) groups is 1. The molecule has 4 rings (SSSR count). The van der Waals surface area contributed by atoms with Crippen LogP contribution in [0.5, 0.6) is 0 Å². The van der Waals surface area contributed by atoms with Gasteiger partial charge in [-0.05, 0) is 38.3 Å². The molecule has 1 aromatic carbocycles. The van der Waals surface area contributed by atoms with Gasteiger partial charge in [0.05, 0.1) is 12.1 Å². The Morgan fingerprint density at radius 2 is 1.94 bits per heavy atom. The van der Waals surface area contributed by atoms with Crippen molar-refractivity contribution in [2.45, 2.75) is 39.7 Å². The number of hydrogen-bond acceptors (Lipinski definition) is 6. The van der Waals surface area contributed by atoms with Crippen molar-refractivity contribution in [1.29, 1.82) is 0 Å². The number of rotatable bonds is 6. The molecule has 3 N–H and O–H groups in total. The van der Waals surface area contributed by atoms with Crippen LogP contribution in [0.4, 0.5) is 0 Å². The molecular formula is C23H25N5O2S. The van der Waals surface area contributed by atoms with Crippen molar-refractivity contribution in [3.05, 3.63) is 75.2 Å². The molecule has 31 heavy (non-hydrogen) atoms. The standard InChI is InChI=1S/C23H25N5O2S/c1-13-14(2)31-23-20(13)21(17-9-7-16(8-10-17)6-4-5-11-24)25-18(12-19(29)30)22-27-26-15(3)28(22)23/h4-5,7-10,18H,6,11-12,24H2,1-3H3,(H,29,30)/b5-4+/t18-/m0/s1. The van der Waals surface area contributed by atoms with Crippen molar-refractivity contribution >= 4 is 23.0 Å². The Bertz CT molecular complexity index is 1190. The van der Waals surface area contributed by atoms with Gasteiger partial charge in [-0.3, -0.25) is 14.4 Å². The number of aryl methyl sites for hydroxylation is 2. The van der Waals surface area contributed by atoms with Gasteiger partial charge in [-0.25, -0.2) is 0 Å². The van der Waals surface area contributed by atoms with Gasteiger partial charge in [0.2, 0.25) is 0 Å². The molecule has 0 saturated heterocycles. The lowest BCUT2D eigenvalue weighted by molar-refractivity contribution is -0.137.